The van der Waals surface area contributed by atoms with Crippen LogP contribution < -0.4 is 10.1 Å². The van der Waals surface area contributed by atoms with E-state index < -0.39 is 0 Å². The molecule has 0 aliphatic carbocycles. The molecular weight excluding hydrogens is 324 g/mol. The number of nitrogens with zero attached hydrogens (tertiary/aromatic N) is 1. The summed E-state index contributed by atoms with van der Waals surface area (Å²) in [6, 6.07) is 16.8. The number of aryl methyl sites for hydroxylation is 1. The molecule has 0 saturated carbocycles. The Labute approximate surface area is 157 Å². The van der Waals surface area contributed by atoms with E-state index >= 15 is 0 Å². The molecule has 1 N–H and O–H groups in total. The second-order valence-electron chi connectivity index (χ2n) is 6.91. The number of benzene rings is 2. The molecule has 1 fully saturated rings. The molecule has 3 rings (SSSR count). The zero-order valence-corrected chi connectivity index (χ0v) is 15.7. The van der Waals surface area contributed by atoms with Crippen LogP contribution in [0.5, 0.6) is 5.75 Å². The van der Waals surface area contributed by atoms with Crippen LogP contribution in [-0.4, -0.2) is 44.3 Å². The Kier molecular flexibility index (Phi) is 7.50. The van der Waals surface area contributed by atoms with Gasteiger partial charge in [0, 0.05) is 19.6 Å². The summed E-state index contributed by atoms with van der Waals surface area (Å²) in [6.45, 7) is 9.67. The van der Waals surface area contributed by atoms with Gasteiger partial charge >= 0.3 is 0 Å². The Balaban J connectivity index is 1.36. The van der Waals surface area contributed by atoms with Crippen molar-refractivity contribution in [2.45, 2.75) is 26.5 Å². The first-order valence-electron chi connectivity index (χ1n) is 9.58. The SMILES string of the molecule is Cc1cccc(COc2cccc(CNCCCN3CCOCC3)c2)c1. The van der Waals surface area contributed by atoms with Crippen LogP contribution in [0, 0.1) is 6.92 Å². The van der Waals surface area contributed by atoms with E-state index in [1.165, 1.54) is 23.1 Å². The van der Waals surface area contributed by atoms with Crippen LogP contribution in [0.2, 0.25) is 0 Å². The van der Waals surface area contributed by atoms with Crippen LogP contribution in [0.3, 0.4) is 0 Å². The minimum absolute atomic E-state index is 0.609. The lowest BCUT2D eigenvalue weighted by molar-refractivity contribution is 0.0374. The second kappa shape index (κ2) is 10.3. The van der Waals surface area contributed by atoms with Gasteiger partial charge in [-0.15, -0.1) is 0 Å². The van der Waals surface area contributed by atoms with Crippen molar-refractivity contribution in [3.05, 3.63) is 65.2 Å². The molecule has 0 amide bonds. The third kappa shape index (κ3) is 6.45. The molecule has 0 atom stereocenters. The molecule has 0 spiro atoms. The number of rotatable bonds is 9. The van der Waals surface area contributed by atoms with Crippen molar-refractivity contribution in [1.29, 1.82) is 0 Å². The van der Waals surface area contributed by atoms with E-state index in [-0.39, 0.29) is 0 Å². The Hall–Kier alpha value is -1.88. The van der Waals surface area contributed by atoms with Crippen molar-refractivity contribution in [3.8, 4) is 5.75 Å². The number of morpholine rings is 1. The number of ether oxygens (including phenoxy) is 2. The van der Waals surface area contributed by atoms with E-state index in [9.17, 15) is 0 Å². The summed E-state index contributed by atoms with van der Waals surface area (Å²) in [5.74, 6) is 0.930. The molecule has 0 radical (unpaired) electrons. The van der Waals surface area contributed by atoms with Gasteiger partial charge in [0.1, 0.15) is 12.4 Å². The molecule has 0 unspecified atom stereocenters. The summed E-state index contributed by atoms with van der Waals surface area (Å²) in [7, 11) is 0. The lowest BCUT2D eigenvalue weighted by Crippen LogP contribution is -2.37. The van der Waals surface area contributed by atoms with Crippen molar-refractivity contribution in [1.82, 2.24) is 10.2 Å². The van der Waals surface area contributed by atoms with Crippen LogP contribution in [0.25, 0.3) is 0 Å². The van der Waals surface area contributed by atoms with E-state index in [1.807, 2.05) is 6.07 Å². The molecule has 26 heavy (non-hydrogen) atoms. The normalized spacial score (nSPS) is 15.1. The molecule has 1 saturated heterocycles. The summed E-state index contributed by atoms with van der Waals surface area (Å²) in [4.78, 5) is 2.48. The lowest BCUT2D eigenvalue weighted by atomic mass is 10.1. The molecule has 4 heteroatoms. The molecule has 140 valence electrons. The van der Waals surface area contributed by atoms with Crippen LogP contribution in [0.15, 0.2) is 48.5 Å². The van der Waals surface area contributed by atoms with Gasteiger partial charge in [0.15, 0.2) is 0 Å². The van der Waals surface area contributed by atoms with E-state index in [2.05, 4.69) is 59.6 Å². The molecular formula is C22H30N2O2. The average Bonchev–Trinajstić information content (AvgIpc) is 2.67. The zero-order chi connectivity index (χ0) is 18.0. The van der Waals surface area contributed by atoms with Gasteiger partial charge in [0.25, 0.3) is 0 Å². The van der Waals surface area contributed by atoms with Crippen molar-refractivity contribution < 1.29 is 9.47 Å². The fourth-order valence-corrected chi connectivity index (χ4v) is 3.20. The smallest absolute Gasteiger partial charge is 0.120 e. The fraction of sp³-hybridized carbons (Fsp3) is 0.455. The predicted molar refractivity (Wildman–Crippen MR) is 106 cm³/mol. The van der Waals surface area contributed by atoms with Gasteiger partial charge in [-0.2, -0.15) is 0 Å². The monoisotopic (exact) mass is 354 g/mol. The van der Waals surface area contributed by atoms with Crippen molar-refractivity contribution in [2.75, 3.05) is 39.4 Å². The largest absolute Gasteiger partial charge is 0.489 e. The third-order valence-corrected chi connectivity index (χ3v) is 4.65. The van der Waals surface area contributed by atoms with E-state index in [1.54, 1.807) is 0 Å². The summed E-state index contributed by atoms with van der Waals surface area (Å²) in [5, 5.41) is 3.54. The van der Waals surface area contributed by atoms with E-state index in [0.29, 0.717) is 6.61 Å². The van der Waals surface area contributed by atoms with Gasteiger partial charge in [-0.1, -0.05) is 42.0 Å². The summed E-state index contributed by atoms with van der Waals surface area (Å²) in [5.41, 5.74) is 3.73. The molecule has 4 nitrogen and oxygen atoms in total. The number of nitrogens with one attached hydrogen (secondary N) is 1. The average molecular weight is 354 g/mol. The topological polar surface area (TPSA) is 33.7 Å². The second-order valence-corrected chi connectivity index (χ2v) is 6.91. The van der Waals surface area contributed by atoms with Crippen molar-refractivity contribution in [3.63, 3.8) is 0 Å². The standard InChI is InChI=1S/C22H30N2O2/c1-19-5-2-7-21(15-19)18-26-22-8-3-6-20(16-22)17-23-9-4-10-24-11-13-25-14-12-24/h2-3,5-8,15-16,23H,4,9-14,17-18H2,1H3. The van der Waals surface area contributed by atoms with Gasteiger partial charge in [-0.25, -0.2) is 0 Å². The molecule has 2 aromatic rings. The quantitative estimate of drug-likeness (QED) is 0.700. The Morgan fingerprint density at radius 2 is 1.85 bits per heavy atom. The van der Waals surface area contributed by atoms with Gasteiger partial charge in [-0.3, -0.25) is 4.90 Å². The molecule has 0 aromatic heterocycles. The summed E-state index contributed by atoms with van der Waals surface area (Å²) in [6.07, 6.45) is 1.17. The van der Waals surface area contributed by atoms with Crippen LogP contribution >= 0.6 is 0 Å². The molecule has 1 heterocycles. The Morgan fingerprint density at radius 3 is 2.69 bits per heavy atom. The maximum absolute atomic E-state index is 5.95. The van der Waals surface area contributed by atoms with Crippen molar-refractivity contribution in [2.24, 2.45) is 0 Å². The minimum Gasteiger partial charge on any atom is -0.489 e. The maximum Gasteiger partial charge on any atom is 0.120 e. The van der Waals surface area contributed by atoms with Crippen LogP contribution in [-0.2, 0) is 17.9 Å². The van der Waals surface area contributed by atoms with Crippen LogP contribution in [0.1, 0.15) is 23.1 Å². The van der Waals surface area contributed by atoms with Gasteiger partial charge < -0.3 is 14.8 Å². The number of hydrogen-bond acceptors (Lipinski definition) is 4. The highest BCUT2D eigenvalue weighted by Gasteiger charge is 2.08. The zero-order valence-electron chi connectivity index (χ0n) is 15.7. The molecule has 1 aliphatic rings. The van der Waals surface area contributed by atoms with Gasteiger partial charge in [0.05, 0.1) is 13.2 Å². The highest BCUT2D eigenvalue weighted by Crippen LogP contribution is 2.15. The highest BCUT2D eigenvalue weighted by molar-refractivity contribution is 5.29. The predicted octanol–water partition coefficient (Wildman–Crippen LogP) is 3.39. The number of hydrogen-bond donors (Lipinski definition) is 1. The summed E-state index contributed by atoms with van der Waals surface area (Å²) >= 11 is 0. The molecule has 1 aliphatic heterocycles. The summed E-state index contributed by atoms with van der Waals surface area (Å²) < 4.78 is 11.3. The highest BCUT2D eigenvalue weighted by atomic mass is 16.5. The maximum atomic E-state index is 5.95. The molecule has 0 bridgehead atoms. The fourth-order valence-electron chi connectivity index (χ4n) is 3.20. The first kappa shape index (κ1) is 18.9. The van der Waals surface area contributed by atoms with Crippen LogP contribution in [0.4, 0.5) is 0 Å². The molecule has 2 aromatic carbocycles. The van der Waals surface area contributed by atoms with Crippen molar-refractivity contribution >= 4 is 0 Å². The Morgan fingerprint density at radius 1 is 1.04 bits per heavy atom. The van der Waals surface area contributed by atoms with E-state index in [4.69, 9.17) is 9.47 Å². The van der Waals surface area contributed by atoms with Gasteiger partial charge in [-0.05, 0) is 49.7 Å². The Bertz CT molecular complexity index is 669. The van der Waals surface area contributed by atoms with E-state index in [0.717, 1.165) is 51.7 Å². The first-order chi connectivity index (χ1) is 12.8. The minimum atomic E-state index is 0.609. The lowest BCUT2D eigenvalue weighted by Gasteiger charge is -2.26. The first-order valence-corrected chi connectivity index (χ1v) is 9.58. The van der Waals surface area contributed by atoms with Gasteiger partial charge in [0.2, 0.25) is 0 Å². The third-order valence-electron chi connectivity index (χ3n) is 4.65.